The van der Waals surface area contributed by atoms with E-state index in [1.54, 1.807) is 31.5 Å². The monoisotopic (exact) mass is 445 g/mol. The van der Waals surface area contributed by atoms with Crippen LogP contribution in [0.5, 0.6) is 11.5 Å². The van der Waals surface area contributed by atoms with Gasteiger partial charge in [-0.2, -0.15) is 0 Å². The molecule has 0 aliphatic carbocycles. The molecule has 0 saturated carbocycles. The van der Waals surface area contributed by atoms with Crippen molar-refractivity contribution in [1.82, 2.24) is 19.7 Å². The van der Waals surface area contributed by atoms with E-state index in [0.29, 0.717) is 29.0 Å². The lowest BCUT2D eigenvalue weighted by Crippen LogP contribution is -2.15. The maximum absolute atomic E-state index is 12.2. The molecule has 0 unspecified atom stereocenters. The predicted molar refractivity (Wildman–Crippen MR) is 116 cm³/mol. The molecule has 0 aliphatic heterocycles. The zero-order valence-electron chi connectivity index (χ0n) is 16.2. The van der Waals surface area contributed by atoms with Gasteiger partial charge in [0.1, 0.15) is 18.1 Å². The first-order valence-electron chi connectivity index (χ1n) is 8.93. The van der Waals surface area contributed by atoms with E-state index >= 15 is 0 Å². The van der Waals surface area contributed by atoms with Crippen LogP contribution in [0.15, 0.2) is 60.4 Å². The zero-order valence-corrected chi connectivity index (χ0v) is 17.8. The summed E-state index contributed by atoms with van der Waals surface area (Å²) in [6.45, 7) is 4.49. The number of ether oxygens (including phenoxy) is 2. The Labute approximate surface area is 183 Å². The SMILES string of the molecule is C=CCn1c(COc2ccc(OC)cc2)nnc1SCC(=O)Nc1cccnc1Cl. The molecule has 3 aromatic rings. The molecule has 1 amide bonds. The van der Waals surface area contributed by atoms with Crippen LogP contribution in [-0.4, -0.2) is 38.5 Å². The number of carbonyl (C=O) groups excluding carboxylic acids is 1. The van der Waals surface area contributed by atoms with Crippen molar-refractivity contribution < 1.29 is 14.3 Å². The molecule has 3 rings (SSSR count). The number of methoxy groups -OCH3 is 1. The van der Waals surface area contributed by atoms with E-state index in [4.69, 9.17) is 21.1 Å². The Morgan fingerprint density at radius 2 is 2.03 bits per heavy atom. The number of amides is 1. The Bertz CT molecular complexity index is 1010. The van der Waals surface area contributed by atoms with Crippen molar-refractivity contribution in [2.45, 2.75) is 18.3 Å². The molecule has 0 atom stereocenters. The van der Waals surface area contributed by atoms with Crippen LogP contribution in [0.4, 0.5) is 5.69 Å². The number of halogens is 1. The molecule has 0 fully saturated rings. The highest BCUT2D eigenvalue weighted by molar-refractivity contribution is 7.99. The van der Waals surface area contributed by atoms with Crippen molar-refractivity contribution in [1.29, 1.82) is 0 Å². The minimum atomic E-state index is -0.223. The Kier molecular flexibility index (Phi) is 7.69. The summed E-state index contributed by atoms with van der Waals surface area (Å²) in [5.41, 5.74) is 0.464. The lowest BCUT2D eigenvalue weighted by atomic mass is 10.3. The highest BCUT2D eigenvalue weighted by Gasteiger charge is 2.15. The summed E-state index contributed by atoms with van der Waals surface area (Å²) < 4.78 is 12.8. The second-order valence-electron chi connectivity index (χ2n) is 5.94. The van der Waals surface area contributed by atoms with Gasteiger partial charge in [-0.25, -0.2) is 4.98 Å². The number of nitrogens with one attached hydrogen (secondary N) is 1. The molecule has 1 N–H and O–H groups in total. The normalized spacial score (nSPS) is 10.5. The number of rotatable bonds is 10. The van der Waals surface area contributed by atoms with Gasteiger partial charge in [0, 0.05) is 12.7 Å². The molecule has 0 saturated heterocycles. The maximum atomic E-state index is 12.2. The molecule has 30 heavy (non-hydrogen) atoms. The van der Waals surface area contributed by atoms with Gasteiger partial charge in [0.2, 0.25) is 5.91 Å². The number of aromatic nitrogens is 4. The third kappa shape index (κ3) is 5.74. The van der Waals surface area contributed by atoms with E-state index in [1.165, 1.54) is 11.8 Å². The molecule has 2 heterocycles. The number of carbonyl (C=O) groups is 1. The van der Waals surface area contributed by atoms with Crippen molar-refractivity contribution in [2.24, 2.45) is 0 Å². The van der Waals surface area contributed by atoms with Crippen LogP contribution in [-0.2, 0) is 17.9 Å². The maximum Gasteiger partial charge on any atom is 0.234 e. The standard InChI is InChI=1S/C20H20ClN5O3S/c1-3-11-26-17(12-29-15-8-6-14(28-2)7-9-15)24-25-20(26)30-13-18(27)23-16-5-4-10-22-19(16)21/h3-10H,1,11-13H2,2H3,(H,23,27). The van der Waals surface area contributed by atoms with Crippen molar-refractivity contribution >= 4 is 35.0 Å². The molecule has 0 spiro atoms. The number of nitrogens with zero attached hydrogens (tertiary/aromatic N) is 4. The molecule has 156 valence electrons. The Morgan fingerprint density at radius 1 is 1.27 bits per heavy atom. The predicted octanol–water partition coefficient (Wildman–Crippen LogP) is 3.83. The van der Waals surface area contributed by atoms with Crippen LogP contribution in [0.3, 0.4) is 0 Å². The van der Waals surface area contributed by atoms with Crippen LogP contribution in [0.2, 0.25) is 5.15 Å². The summed E-state index contributed by atoms with van der Waals surface area (Å²) in [4.78, 5) is 16.2. The summed E-state index contributed by atoms with van der Waals surface area (Å²) in [5.74, 6) is 1.98. The summed E-state index contributed by atoms with van der Waals surface area (Å²) >= 11 is 7.23. The molecule has 10 heteroatoms. The Balaban J connectivity index is 1.61. The molecule has 1 aromatic carbocycles. The summed E-state index contributed by atoms with van der Waals surface area (Å²) in [7, 11) is 1.61. The highest BCUT2D eigenvalue weighted by Crippen LogP contribution is 2.22. The van der Waals surface area contributed by atoms with Gasteiger partial charge in [0.15, 0.2) is 16.1 Å². The molecule has 2 aromatic heterocycles. The Hall–Kier alpha value is -3.04. The number of benzene rings is 1. The largest absolute Gasteiger partial charge is 0.497 e. The number of hydrogen-bond acceptors (Lipinski definition) is 7. The van der Waals surface area contributed by atoms with E-state index in [2.05, 4.69) is 27.1 Å². The summed E-state index contributed by atoms with van der Waals surface area (Å²) in [6, 6.07) is 10.7. The average molecular weight is 446 g/mol. The molecule has 0 aliphatic rings. The van der Waals surface area contributed by atoms with Gasteiger partial charge in [-0.05, 0) is 36.4 Å². The van der Waals surface area contributed by atoms with Gasteiger partial charge < -0.3 is 14.8 Å². The topological polar surface area (TPSA) is 91.2 Å². The van der Waals surface area contributed by atoms with E-state index in [-0.39, 0.29) is 23.4 Å². The first kappa shape index (κ1) is 21.7. The van der Waals surface area contributed by atoms with Crippen LogP contribution in [0.25, 0.3) is 0 Å². The molecule has 0 bridgehead atoms. The first-order valence-corrected chi connectivity index (χ1v) is 10.3. The summed E-state index contributed by atoms with van der Waals surface area (Å²) in [5, 5.41) is 11.9. The highest BCUT2D eigenvalue weighted by atomic mass is 35.5. The number of thioether (sulfide) groups is 1. The Morgan fingerprint density at radius 3 is 2.73 bits per heavy atom. The van der Waals surface area contributed by atoms with Crippen LogP contribution >= 0.6 is 23.4 Å². The quantitative estimate of drug-likeness (QED) is 0.288. The van der Waals surface area contributed by atoms with Crippen molar-refractivity contribution in [2.75, 3.05) is 18.2 Å². The van der Waals surface area contributed by atoms with Crippen LogP contribution in [0.1, 0.15) is 5.82 Å². The molecule has 0 radical (unpaired) electrons. The van der Waals surface area contributed by atoms with Crippen LogP contribution in [0, 0.1) is 0 Å². The van der Waals surface area contributed by atoms with E-state index in [1.807, 2.05) is 28.8 Å². The third-order valence-electron chi connectivity index (χ3n) is 3.90. The van der Waals surface area contributed by atoms with Gasteiger partial charge in [0.25, 0.3) is 0 Å². The molecular formula is C20H20ClN5O3S. The fourth-order valence-corrected chi connectivity index (χ4v) is 3.39. The number of pyridine rings is 1. The smallest absolute Gasteiger partial charge is 0.234 e. The third-order valence-corrected chi connectivity index (χ3v) is 5.17. The zero-order chi connectivity index (χ0) is 21.3. The lowest BCUT2D eigenvalue weighted by molar-refractivity contribution is -0.113. The van der Waals surface area contributed by atoms with Crippen molar-refractivity contribution in [3.05, 3.63) is 66.2 Å². The second kappa shape index (κ2) is 10.7. The van der Waals surface area contributed by atoms with Gasteiger partial charge in [-0.3, -0.25) is 9.36 Å². The minimum absolute atomic E-state index is 0.139. The van der Waals surface area contributed by atoms with Gasteiger partial charge in [0.05, 0.1) is 18.6 Å². The number of allylic oxidation sites excluding steroid dienone is 1. The van der Waals surface area contributed by atoms with E-state index < -0.39 is 0 Å². The minimum Gasteiger partial charge on any atom is -0.497 e. The van der Waals surface area contributed by atoms with Crippen molar-refractivity contribution in [3.8, 4) is 11.5 Å². The fourth-order valence-electron chi connectivity index (χ4n) is 2.46. The molecular weight excluding hydrogens is 426 g/mol. The lowest BCUT2D eigenvalue weighted by Gasteiger charge is -2.10. The first-order chi connectivity index (χ1) is 14.6. The number of anilines is 1. The fraction of sp³-hybridized carbons (Fsp3) is 0.200. The van der Waals surface area contributed by atoms with E-state index in [9.17, 15) is 4.79 Å². The number of hydrogen-bond donors (Lipinski definition) is 1. The average Bonchev–Trinajstić information content (AvgIpc) is 3.14. The van der Waals surface area contributed by atoms with Crippen molar-refractivity contribution in [3.63, 3.8) is 0 Å². The van der Waals surface area contributed by atoms with Gasteiger partial charge >= 0.3 is 0 Å². The van der Waals surface area contributed by atoms with Gasteiger partial charge in [-0.15, -0.1) is 16.8 Å². The van der Waals surface area contributed by atoms with Crippen LogP contribution < -0.4 is 14.8 Å². The van der Waals surface area contributed by atoms with E-state index in [0.717, 1.165) is 5.75 Å². The van der Waals surface area contributed by atoms with Gasteiger partial charge in [-0.1, -0.05) is 29.4 Å². The molecule has 8 nitrogen and oxygen atoms in total. The second-order valence-corrected chi connectivity index (χ2v) is 7.24. The summed E-state index contributed by atoms with van der Waals surface area (Å²) in [6.07, 6.45) is 3.29.